The molecule has 2 aliphatic rings. The van der Waals surface area contributed by atoms with E-state index in [4.69, 9.17) is 0 Å². The molecule has 1 aliphatic heterocycles. The Labute approximate surface area is 146 Å². The Morgan fingerprint density at radius 2 is 1.92 bits per heavy atom. The van der Waals surface area contributed by atoms with Crippen LogP contribution in [0.1, 0.15) is 44.1 Å². The number of carbonyl (C=O) groups is 1. The minimum Gasteiger partial charge on any atom is -0.338 e. The number of benzene rings is 1. The molecule has 1 atom stereocenters. The van der Waals surface area contributed by atoms with Gasteiger partial charge in [-0.05, 0) is 57.7 Å². The Hall–Kier alpha value is -1.55. The van der Waals surface area contributed by atoms with Gasteiger partial charge < -0.3 is 10.2 Å². The average molecular weight is 329 g/mol. The van der Waals surface area contributed by atoms with Crippen molar-refractivity contribution in [2.24, 2.45) is 5.92 Å². The highest BCUT2D eigenvalue weighted by Crippen LogP contribution is 2.36. The molecule has 4 heteroatoms. The van der Waals surface area contributed by atoms with E-state index >= 15 is 0 Å². The topological polar surface area (TPSA) is 35.6 Å². The van der Waals surface area contributed by atoms with Crippen LogP contribution in [-0.2, 0) is 5.54 Å². The molecule has 0 spiro atoms. The Balaban J connectivity index is 1.82. The Kier molecular flexibility index (Phi) is 5.44. The fraction of sp³-hybridized carbons (Fsp3) is 0.650. The average Bonchev–Trinajstić information content (AvgIpc) is 2.62. The molecule has 0 unspecified atom stereocenters. The molecule has 3 rings (SSSR count). The van der Waals surface area contributed by atoms with E-state index < -0.39 is 0 Å². The van der Waals surface area contributed by atoms with Crippen molar-refractivity contribution in [3.8, 4) is 0 Å². The number of carbonyl (C=O) groups excluding carboxylic acids is 1. The maximum atomic E-state index is 12.5. The number of hydrogen-bond acceptors (Lipinski definition) is 2. The van der Waals surface area contributed by atoms with E-state index in [1.165, 1.54) is 24.8 Å². The van der Waals surface area contributed by atoms with Crippen molar-refractivity contribution >= 4 is 6.03 Å². The molecule has 1 aromatic rings. The first-order valence-corrected chi connectivity index (χ1v) is 9.37. The lowest BCUT2D eigenvalue weighted by Gasteiger charge is -2.42. The number of hydrogen-bond donors (Lipinski definition) is 1. The van der Waals surface area contributed by atoms with Gasteiger partial charge in [0.1, 0.15) is 0 Å². The van der Waals surface area contributed by atoms with Crippen molar-refractivity contribution in [2.75, 3.05) is 33.7 Å². The molecule has 1 heterocycles. The van der Waals surface area contributed by atoms with E-state index in [0.29, 0.717) is 5.92 Å². The normalized spacial score (nSPS) is 26.3. The predicted molar refractivity (Wildman–Crippen MR) is 98.0 cm³/mol. The summed E-state index contributed by atoms with van der Waals surface area (Å²) in [6, 6.07) is 10.9. The second-order valence-corrected chi connectivity index (χ2v) is 7.62. The molecule has 0 aromatic heterocycles. The standard InChI is InChI=1S/C20H31N3O/c1-22(2)20(18-10-4-3-5-11-18)12-7-14-21-19(24)23(15-13-20)16-17-8-6-9-17/h3-5,10-11,17H,6-9,12-16H2,1-2H3,(H,21,24)/t20-/m0/s1. The Morgan fingerprint density at radius 1 is 1.17 bits per heavy atom. The van der Waals surface area contributed by atoms with Crippen LogP contribution >= 0.6 is 0 Å². The number of urea groups is 1. The van der Waals surface area contributed by atoms with Gasteiger partial charge in [0, 0.05) is 25.2 Å². The second-order valence-electron chi connectivity index (χ2n) is 7.62. The second kappa shape index (κ2) is 7.56. The maximum absolute atomic E-state index is 12.5. The number of nitrogens with one attached hydrogen (secondary N) is 1. The van der Waals surface area contributed by atoms with Crippen LogP contribution < -0.4 is 5.32 Å². The SMILES string of the molecule is CN(C)[C@@]1(c2ccccc2)CCCNC(=O)N(CC2CCC2)CC1. The minimum absolute atomic E-state index is 0.00538. The van der Waals surface area contributed by atoms with Gasteiger partial charge in [-0.25, -0.2) is 4.79 Å². The van der Waals surface area contributed by atoms with Crippen molar-refractivity contribution in [1.82, 2.24) is 15.1 Å². The molecule has 1 saturated carbocycles. The third-order valence-corrected chi connectivity index (χ3v) is 6.00. The third kappa shape index (κ3) is 3.59. The zero-order valence-corrected chi connectivity index (χ0v) is 15.1. The smallest absolute Gasteiger partial charge is 0.317 e. The summed E-state index contributed by atoms with van der Waals surface area (Å²) in [7, 11) is 4.35. The predicted octanol–water partition coefficient (Wildman–Crippen LogP) is 3.44. The maximum Gasteiger partial charge on any atom is 0.317 e. The van der Waals surface area contributed by atoms with E-state index in [-0.39, 0.29) is 11.6 Å². The lowest BCUT2D eigenvalue weighted by Crippen LogP contribution is -2.47. The van der Waals surface area contributed by atoms with Crippen molar-refractivity contribution < 1.29 is 4.79 Å². The molecule has 4 nitrogen and oxygen atoms in total. The Morgan fingerprint density at radius 3 is 2.54 bits per heavy atom. The van der Waals surface area contributed by atoms with Gasteiger partial charge >= 0.3 is 6.03 Å². The molecule has 2 fully saturated rings. The van der Waals surface area contributed by atoms with Crippen molar-refractivity contribution in [2.45, 2.75) is 44.1 Å². The quantitative estimate of drug-likeness (QED) is 0.918. The van der Waals surface area contributed by atoms with Crippen LogP contribution in [-0.4, -0.2) is 49.6 Å². The summed E-state index contributed by atoms with van der Waals surface area (Å²) < 4.78 is 0. The lowest BCUT2D eigenvalue weighted by molar-refractivity contribution is 0.105. The number of nitrogens with zero attached hydrogens (tertiary/aromatic N) is 2. The lowest BCUT2D eigenvalue weighted by atomic mass is 9.80. The van der Waals surface area contributed by atoms with Gasteiger partial charge in [0.15, 0.2) is 0 Å². The van der Waals surface area contributed by atoms with Crippen molar-refractivity contribution in [1.29, 1.82) is 0 Å². The molecule has 2 amide bonds. The first-order valence-electron chi connectivity index (χ1n) is 9.37. The van der Waals surface area contributed by atoms with E-state index in [1.54, 1.807) is 0 Å². The summed E-state index contributed by atoms with van der Waals surface area (Å²) >= 11 is 0. The molecule has 0 radical (unpaired) electrons. The molecule has 24 heavy (non-hydrogen) atoms. The van der Waals surface area contributed by atoms with Gasteiger partial charge in [0.2, 0.25) is 0 Å². The summed E-state index contributed by atoms with van der Waals surface area (Å²) in [5, 5.41) is 3.12. The first-order chi connectivity index (χ1) is 11.6. The van der Waals surface area contributed by atoms with Crippen LogP contribution in [0.2, 0.25) is 0 Å². The molecule has 1 aliphatic carbocycles. The number of amides is 2. The van der Waals surface area contributed by atoms with Crippen molar-refractivity contribution in [3.05, 3.63) is 35.9 Å². The van der Waals surface area contributed by atoms with Gasteiger partial charge in [0.25, 0.3) is 0 Å². The zero-order valence-electron chi connectivity index (χ0n) is 15.1. The van der Waals surface area contributed by atoms with Crippen LogP contribution in [0.25, 0.3) is 0 Å². The highest BCUT2D eigenvalue weighted by atomic mass is 16.2. The summed E-state index contributed by atoms with van der Waals surface area (Å²) in [5.74, 6) is 0.710. The fourth-order valence-corrected chi connectivity index (χ4v) is 4.14. The first kappa shape index (κ1) is 17.3. The van der Waals surface area contributed by atoms with Crippen LogP contribution in [0.3, 0.4) is 0 Å². The van der Waals surface area contributed by atoms with Gasteiger partial charge in [0.05, 0.1) is 0 Å². The third-order valence-electron chi connectivity index (χ3n) is 6.00. The molecule has 0 bridgehead atoms. The molecule has 132 valence electrons. The Bertz CT molecular complexity index is 541. The van der Waals surface area contributed by atoms with Gasteiger partial charge in [-0.3, -0.25) is 4.90 Å². The monoisotopic (exact) mass is 329 g/mol. The van der Waals surface area contributed by atoms with Crippen LogP contribution in [0, 0.1) is 5.92 Å². The summed E-state index contributed by atoms with van der Waals surface area (Å²) in [5.41, 5.74) is 1.37. The van der Waals surface area contributed by atoms with E-state index in [2.05, 4.69) is 59.5 Å². The van der Waals surface area contributed by atoms with E-state index in [9.17, 15) is 4.79 Å². The highest BCUT2D eigenvalue weighted by molar-refractivity contribution is 5.74. The van der Waals surface area contributed by atoms with E-state index in [1.807, 2.05) is 0 Å². The molecular weight excluding hydrogens is 298 g/mol. The van der Waals surface area contributed by atoms with E-state index in [0.717, 1.165) is 38.9 Å². The van der Waals surface area contributed by atoms with Gasteiger partial charge in [-0.15, -0.1) is 0 Å². The van der Waals surface area contributed by atoms with Gasteiger partial charge in [-0.1, -0.05) is 36.8 Å². The summed E-state index contributed by atoms with van der Waals surface area (Å²) in [4.78, 5) is 16.9. The van der Waals surface area contributed by atoms with Crippen molar-refractivity contribution in [3.63, 3.8) is 0 Å². The largest absolute Gasteiger partial charge is 0.338 e. The zero-order chi connectivity index (χ0) is 17.0. The van der Waals surface area contributed by atoms with Crippen LogP contribution in [0.4, 0.5) is 4.79 Å². The minimum atomic E-state index is 0.00538. The summed E-state index contributed by atoms with van der Waals surface area (Å²) in [6.07, 6.45) is 6.95. The van der Waals surface area contributed by atoms with Crippen LogP contribution in [0.5, 0.6) is 0 Å². The molecule has 1 N–H and O–H groups in total. The molecule has 1 aromatic carbocycles. The molecular formula is C20H31N3O. The summed E-state index contributed by atoms with van der Waals surface area (Å²) in [6.45, 7) is 2.52. The highest BCUT2D eigenvalue weighted by Gasteiger charge is 2.36. The van der Waals surface area contributed by atoms with Crippen LogP contribution in [0.15, 0.2) is 30.3 Å². The van der Waals surface area contributed by atoms with Gasteiger partial charge in [-0.2, -0.15) is 0 Å². The molecule has 1 saturated heterocycles. The number of rotatable bonds is 4. The fourth-order valence-electron chi connectivity index (χ4n) is 4.14.